The number of nitrogens with two attached hydrogens (primary N) is 1. The first-order valence-electron chi connectivity index (χ1n) is 8.38. The molecule has 1 aliphatic rings. The third-order valence-corrected chi connectivity index (χ3v) is 4.80. The van der Waals surface area contributed by atoms with Crippen LogP contribution in [0.3, 0.4) is 0 Å². The van der Waals surface area contributed by atoms with Crippen molar-refractivity contribution in [3.05, 3.63) is 51.8 Å². The Morgan fingerprint density at radius 2 is 1.96 bits per heavy atom. The third-order valence-electron chi connectivity index (χ3n) is 4.80. The molecule has 0 radical (unpaired) electrons. The van der Waals surface area contributed by atoms with E-state index in [1.807, 2.05) is 12.1 Å². The van der Waals surface area contributed by atoms with Crippen LogP contribution in [0.15, 0.2) is 35.1 Å². The zero-order valence-corrected chi connectivity index (χ0v) is 14.7. The summed E-state index contributed by atoms with van der Waals surface area (Å²) in [6, 6.07) is 9.30. The van der Waals surface area contributed by atoms with Crippen molar-refractivity contribution >= 4 is 22.5 Å². The lowest BCUT2D eigenvalue weighted by molar-refractivity contribution is 0.355. The Balaban J connectivity index is 1.77. The Morgan fingerprint density at radius 3 is 2.73 bits per heavy atom. The second-order valence-corrected chi connectivity index (χ2v) is 6.27. The van der Waals surface area contributed by atoms with Crippen molar-refractivity contribution < 1.29 is 9.47 Å². The van der Waals surface area contributed by atoms with Crippen molar-refractivity contribution in [3.63, 3.8) is 0 Å². The number of nitrogen functional groups attached to an aromatic ring is 1. The van der Waals surface area contributed by atoms with Crippen molar-refractivity contribution in [1.82, 2.24) is 9.97 Å². The summed E-state index contributed by atoms with van der Waals surface area (Å²) in [6.07, 6.45) is 0.815. The van der Waals surface area contributed by atoms with Gasteiger partial charge < -0.3 is 20.1 Å². The van der Waals surface area contributed by atoms with E-state index in [0.29, 0.717) is 34.9 Å². The van der Waals surface area contributed by atoms with Gasteiger partial charge in [-0.3, -0.25) is 9.78 Å². The second kappa shape index (κ2) is 6.25. The summed E-state index contributed by atoms with van der Waals surface area (Å²) in [5, 5.41) is 0.466. The van der Waals surface area contributed by atoms with Crippen LogP contribution in [-0.4, -0.2) is 30.7 Å². The molecule has 7 nitrogen and oxygen atoms in total. The molecule has 1 aromatic heterocycles. The van der Waals surface area contributed by atoms with Gasteiger partial charge in [0.25, 0.3) is 5.56 Å². The molecular formula is C19H20N4O3. The van der Waals surface area contributed by atoms with E-state index in [1.165, 1.54) is 12.7 Å². The van der Waals surface area contributed by atoms with E-state index in [0.717, 1.165) is 24.2 Å². The molecule has 3 N–H and O–H groups in total. The highest BCUT2D eigenvalue weighted by Gasteiger charge is 2.21. The molecule has 0 saturated carbocycles. The maximum Gasteiger partial charge on any atom is 0.260 e. The van der Waals surface area contributed by atoms with E-state index in [1.54, 1.807) is 19.2 Å². The number of nitrogens with one attached hydrogen (secondary N) is 1. The molecule has 26 heavy (non-hydrogen) atoms. The molecule has 0 saturated heterocycles. The minimum absolute atomic E-state index is 0.204. The van der Waals surface area contributed by atoms with Gasteiger partial charge in [-0.05, 0) is 29.7 Å². The number of hydrogen-bond donors (Lipinski definition) is 2. The number of aromatic amines is 1. The smallest absolute Gasteiger partial charge is 0.260 e. The topological polar surface area (TPSA) is 93.5 Å². The molecule has 0 aliphatic carbocycles. The van der Waals surface area contributed by atoms with Gasteiger partial charge in [0, 0.05) is 24.8 Å². The normalized spacial score (nSPS) is 13.5. The van der Waals surface area contributed by atoms with Gasteiger partial charge in [0.1, 0.15) is 0 Å². The summed E-state index contributed by atoms with van der Waals surface area (Å²) in [6.45, 7) is 1.39. The number of methoxy groups -OCH3 is 2. The number of H-pyrrole nitrogens is 1. The molecule has 0 spiro atoms. The molecule has 0 fully saturated rings. The van der Waals surface area contributed by atoms with Crippen LogP contribution in [0.2, 0.25) is 0 Å². The SMILES string of the molecule is COc1cc2nc(N3CCc4c(N)cccc4C3)[nH]c(=O)c2cc1OC. The van der Waals surface area contributed by atoms with Crippen molar-refractivity contribution in [1.29, 1.82) is 0 Å². The summed E-state index contributed by atoms with van der Waals surface area (Å²) in [4.78, 5) is 22.2. The fourth-order valence-electron chi connectivity index (χ4n) is 3.42. The largest absolute Gasteiger partial charge is 0.493 e. The van der Waals surface area contributed by atoms with Gasteiger partial charge in [-0.15, -0.1) is 0 Å². The summed E-state index contributed by atoms with van der Waals surface area (Å²) in [5.41, 5.74) is 9.59. The van der Waals surface area contributed by atoms with Crippen molar-refractivity contribution in [2.24, 2.45) is 0 Å². The Morgan fingerprint density at radius 1 is 1.19 bits per heavy atom. The van der Waals surface area contributed by atoms with E-state index in [2.05, 4.69) is 20.9 Å². The summed E-state index contributed by atoms with van der Waals surface area (Å²) in [7, 11) is 3.10. The fraction of sp³-hybridized carbons (Fsp3) is 0.263. The highest BCUT2D eigenvalue weighted by molar-refractivity contribution is 5.82. The van der Waals surface area contributed by atoms with E-state index >= 15 is 0 Å². The standard InChI is InChI=1S/C19H20N4O3/c1-25-16-8-13-15(9-17(16)26-2)21-19(22-18(13)24)23-7-6-12-11(10-23)4-3-5-14(12)20/h3-5,8-9H,6-7,10,20H2,1-2H3,(H,21,22,24). The Kier molecular flexibility index (Phi) is 3.91. The molecular weight excluding hydrogens is 332 g/mol. The number of rotatable bonds is 3. The van der Waals surface area contributed by atoms with Gasteiger partial charge in [0.15, 0.2) is 11.5 Å². The molecule has 0 bridgehead atoms. The van der Waals surface area contributed by atoms with Gasteiger partial charge in [-0.2, -0.15) is 0 Å². The molecule has 0 amide bonds. The highest BCUT2D eigenvalue weighted by atomic mass is 16.5. The maximum absolute atomic E-state index is 12.6. The zero-order chi connectivity index (χ0) is 18.3. The predicted molar refractivity (Wildman–Crippen MR) is 101 cm³/mol. The first-order chi connectivity index (χ1) is 12.6. The van der Waals surface area contributed by atoms with Crippen LogP contribution in [0, 0.1) is 0 Å². The van der Waals surface area contributed by atoms with Crippen LogP contribution in [-0.2, 0) is 13.0 Å². The van der Waals surface area contributed by atoms with Gasteiger partial charge in [-0.1, -0.05) is 12.1 Å². The number of ether oxygens (including phenoxy) is 2. The van der Waals surface area contributed by atoms with E-state index in [9.17, 15) is 4.79 Å². The predicted octanol–water partition coefficient (Wildman–Crippen LogP) is 2.09. The molecule has 0 unspecified atom stereocenters. The minimum Gasteiger partial charge on any atom is -0.493 e. The van der Waals surface area contributed by atoms with Crippen LogP contribution < -0.4 is 25.7 Å². The van der Waals surface area contributed by atoms with Crippen LogP contribution in [0.4, 0.5) is 11.6 Å². The molecule has 134 valence electrons. The van der Waals surface area contributed by atoms with Crippen LogP contribution in [0.5, 0.6) is 11.5 Å². The second-order valence-electron chi connectivity index (χ2n) is 6.27. The lowest BCUT2D eigenvalue weighted by atomic mass is 9.98. The van der Waals surface area contributed by atoms with E-state index in [-0.39, 0.29) is 5.56 Å². The van der Waals surface area contributed by atoms with Crippen LogP contribution in [0.25, 0.3) is 10.9 Å². The minimum atomic E-state index is -0.204. The third kappa shape index (κ3) is 2.61. The number of hydrogen-bond acceptors (Lipinski definition) is 6. The van der Waals surface area contributed by atoms with E-state index in [4.69, 9.17) is 15.2 Å². The van der Waals surface area contributed by atoms with Crippen LogP contribution in [0.1, 0.15) is 11.1 Å². The Bertz CT molecular complexity index is 1040. The first kappa shape index (κ1) is 16.3. The first-order valence-corrected chi connectivity index (χ1v) is 8.38. The highest BCUT2D eigenvalue weighted by Crippen LogP contribution is 2.31. The molecule has 4 rings (SSSR count). The average Bonchev–Trinajstić information content (AvgIpc) is 2.66. The molecule has 3 aromatic rings. The van der Waals surface area contributed by atoms with Crippen molar-refractivity contribution in [2.45, 2.75) is 13.0 Å². The Hall–Kier alpha value is -3.22. The summed E-state index contributed by atoms with van der Waals surface area (Å²) < 4.78 is 10.6. The number of anilines is 2. The van der Waals surface area contributed by atoms with Crippen LogP contribution >= 0.6 is 0 Å². The number of nitrogens with zero attached hydrogens (tertiary/aromatic N) is 2. The monoisotopic (exact) mass is 352 g/mol. The quantitative estimate of drug-likeness (QED) is 0.701. The zero-order valence-electron chi connectivity index (χ0n) is 14.7. The summed E-state index contributed by atoms with van der Waals surface area (Å²) in [5.74, 6) is 1.59. The van der Waals surface area contributed by atoms with Crippen molar-refractivity contribution in [3.8, 4) is 11.5 Å². The summed E-state index contributed by atoms with van der Waals surface area (Å²) >= 11 is 0. The molecule has 0 atom stereocenters. The van der Waals surface area contributed by atoms with Gasteiger partial charge in [-0.25, -0.2) is 4.98 Å². The number of aromatic nitrogens is 2. The lowest BCUT2D eigenvalue weighted by Crippen LogP contribution is -2.33. The number of benzene rings is 2. The molecule has 7 heteroatoms. The number of fused-ring (bicyclic) bond motifs is 2. The van der Waals surface area contributed by atoms with Gasteiger partial charge in [0.2, 0.25) is 5.95 Å². The van der Waals surface area contributed by atoms with Gasteiger partial charge >= 0.3 is 0 Å². The fourth-order valence-corrected chi connectivity index (χ4v) is 3.42. The average molecular weight is 352 g/mol. The van der Waals surface area contributed by atoms with E-state index < -0.39 is 0 Å². The van der Waals surface area contributed by atoms with Crippen molar-refractivity contribution in [2.75, 3.05) is 31.4 Å². The Labute approximate surface area is 150 Å². The molecule has 2 aromatic carbocycles. The molecule has 1 aliphatic heterocycles. The maximum atomic E-state index is 12.6. The lowest BCUT2D eigenvalue weighted by Gasteiger charge is -2.30. The molecule has 2 heterocycles. The van der Waals surface area contributed by atoms with Gasteiger partial charge in [0.05, 0.1) is 25.1 Å².